The standard InChI is InChI=1S/C17H16N4/c18-16-17(20-14-9-5-4-8-13(14)19-16)21-15-10-12(15)11-6-2-1-3-7-11/h1-9,12,15H,10H2,(H2,18,19)(H,20,21). The van der Waals surface area contributed by atoms with Gasteiger partial charge in [-0.05, 0) is 24.1 Å². The Morgan fingerprint density at radius 3 is 2.33 bits per heavy atom. The molecule has 0 amide bonds. The number of nitrogens with zero attached hydrogens (tertiary/aromatic N) is 2. The summed E-state index contributed by atoms with van der Waals surface area (Å²) in [5, 5.41) is 3.43. The van der Waals surface area contributed by atoms with E-state index in [4.69, 9.17) is 5.73 Å². The molecule has 4 heteroatoms. The van der Waals surface area contributed by atoms with Crippen molar-refractivity contribution >= 4 is 22.7 Å². The fraction of sp³-hybridized carbons (Fsp3) is 0.176. The molecule has 1 heterocycles. The first-order chi connectivity index (χ1) is 10.3. The SMILES string of the molecule is Nc1nc2ccccc2nc1NC1CC1c1ccccc1. The minimum Gasteiger partial charge on any atom is -0.381 e. The summed E-state index contributed by atoms with van der Waals surface area (Å²) in [6, 6.07) is 18.7. The first-order valence-electron chi connectivity index (χ1n) is 7.15. The Kier molecular flexibility index (Phi) is 2.74. The second kappa shape index (κ2) is 4.74. The Morgan fingerprint density at radius 2 is 1.57 bits per heavy atom. The van der Waals surface area contributed by atoms with E-state index in [1.54, 1.807) is 0 Å². The lowest BCUT2D eigenvalue weighted by atomic mass is 10.1. The van der Waals surface area contributed by atoms with E-state index >= 15 is 0 Å². The number of hydrogen-bond acceptors (Lipinski definition) is 4. The van der Waals surface area contributed by atoms with Crippen LogP contribution in [-0.2, 0) is 0 Å². The molecule has 2 unspecified atom stereocenters. The molecule has 3 N–H and O–H groups in total. The fourth-order valence-corrected chi connectivity index (χ4v) is 2.72. The minimum atomic E-state index is 0.394. The van der Waals surface area contributed by atoms with Crippen LogP contribution >= 0.6 is 0 Å². The lowest BCUT2D eigenvalue weighted by Gasteiger charge is -2.09. The predicted molar refractivity (Wildman–Crippen MR) is 85.2 cm³/mol. The number of hydrogen-bond donors (Lipinski definition) is 2. The van der Waals surface area contributed by atoms with E-state index in [0.29, 0.717) is 23.6 Å². The molecule has 1 aromatic heterocycles. The summed E-state index contributed by atoms with van der Waals surface area (Å²) >= 11 is 0. The minimum absolute atomic E-state index is 0.394. The van der Waals surface area contributed by atoms with Crippen molar-refractivity contribution in [3.05, 3.63) is 60.2 Å². The van der Waals surface area contributed by atoms with Gasteiger partial charge in [0, 0.05) is 12.0 Å². The van der Waals surface area contributed by atoms with Crippen LogP contribution in [0.5, 0.6) is 0 Å². The monoisotopic (exact) mass is 276 g/mol. The molecule has 4 rings (SSSR count). The van der Waals surface area contributed by atoms with E-state index in [2.05, 4.69) is 39.6 Å². The molecule has 3 aromatic rings. The molecule has 2 aromatic carbocycles. The van der Waals surface area contributed by atoms with Crippen LogP contribution < -0.4 is 11.1 Å². The van der Waals surface area contributed by atoms with Gasteiger partial charge in [-0.2, -0.15) is 0 Å². The molecule has 0 radical (unpaired) electrons. The maximum Gasteiger partial charge on any atom is 0.169 e. The average molecular weight is 276 g/mol. The van der Waals surface area contributed by atoms with Crippen LogP contribution in [0.25, 0.3) is 11.0 Å². The molecule has 4 nitrogen and oxygen atoms in total. The Balaban J connectivity index is 1.57. The van der Waals surface area contributed by atoms with E-state index in [-0.39, 0.29) is 0 Å². The number of aromatic nitrogens is 2. The molecule has 0 aliphatic heterocycles. The lowest BCUT2D eigenvalue weighted by molar-refractivity contribution is 1.03. The van der Waals surface area contributed by atoms with Gasteiger partial charge >= 0.3 is 0 Å². The summed E-state index contributed by atoms with van der Waals surface area (Å²) in [5.74, 6) is 1.70. The zero-order valence-corrected chi connectivity index (χ0v) is 11.5. The summed E-state index contributed by atoms with van der Waals surface area (Å²) < 4.78 is 0. The van der Waals surface area contributed by atoms with Crippen LogP contribution in [0.2, 0.25) is 0 Å². The molecule has 1 saturated carbocycles. The molecule has 2 atom stereocenters. The number of nitrogens with two attached hydrogens (primary N) is 1. The molecular weight excluding hydrogens is 260 g/mol. The third-order valence-electron chi connectivity index (χ3n) is 3.94. The smallest absolute Gasteiger partial charge is 0.169 e. The van der Waals surface area contributed by atoms with Gasteiger partial charge in [0.15, 0.2) is 11.6 Å². The zero-order valence-electron chi connectivity index (χ0n) is 11.5. The number of anilines is 2. The summed E-state index contributed by atoms with van der Waals surface area (Å²) in [5.41, 5.74) is 9.07. The highest BCUT2D eigenvalue weighted by atomic mass is 15.1. The van der Waals surface area contributed by atoms with Crippen molar-refractivity contribution in [2.45, 2.75) is 18.4 Å². The molecule has 21 heavy (non-hydrogen) atoms. The molecule has 1 aliphatic carbocycles. The normalized spacial score (nSPS) is 20.4. The largest absolute Gasteiger partial charge is 0.381 e. The molecule has 0 saturated heterocycles. The van der Waals surface area contributed by atoms with Gasteiger partial charge in [0.1, 0.15) is 0 Å². The van der Waals surface area contributed by atoms with Crippen LogP contribution in [0.1, 0.15) is 17.9 Å². The van der Waals surface area contributed by atoms with Gasteiger partial charge in [-0.1, -0.05) is 42.5 Å². The molecule has 1 aliphatic rings. The number of benzene rings is 2. The topological polar surface area (TPSA) is 63.8 Å². The van der Waals surface area contributed by atoms with Crippen LogP contribution in [0.3, 0.4) is 0 Å². The molecule has 104 valence electrons. The van der Waals surface area contributed by atoms with E-state index in [9.17, 15) is 0 Å². The molecular formula is C17H16N4. The maximum absolute atomic E-state index is 6.01. The number of fused-ring (bicyclic) bond motifs is 1. The van der Waals surface area contributed by atoms with Crippen molar-refractivity contribution in [2.24, 2.45) is 0 Å². The van der Waals surface area contributed by atoms with Crippen molar-refractivity contribution < 1.29 is 0 Å². The first-order valence-corrected chi connectivity index (χ1v) is 7.15. The van der Waals surface area contributed by atoms with Crippen molar-refractivity contribution in [1.29, 1.82) is 0 Å². The summed E-state index contributed by atoms with van der Waals surface area (Å²) in [6.07, 6.45) is 1.11. The van der Waals surface area contributed by atoms with Crippen LogP contribution in [-0.4, -0.2) is 16.0 Å². The Morgan fingerprint density at radius 1 is 0.905 bits per heavy atom. The number of nitrogens with one attached hydrogen (secondary N) is 1. The highest BCUT2D eigenvalue weighted by Crippen LogP contribution is 2.43. The van der Waals surface area contributed by atoms with Gasteiger partial charge in [0.25, 0.3) is 0 Å². The van der Waals surface area contributed by atoms with Gasteiger partial charge in [-0.25, -0.2) is 9.97 Å². The average Bonchev–Trinajstić information content (AvgIpc) is 3.28. The summed E-state index contributed by atoms with van der Waals surface area (Å²) in [7, 11) is 0. The first kappa shape index (κ1) is 12.1. The van der Waals surface area contributed by atoms with Crippen LogP contribution in [0, 0.1) is 0 Å². The quantitative estimate of drug-likeness (QED) is 0.771. The third-order valence-corrected chi connectivity index (χ3v) is 3.94. The highest BCUT2D eigenvalue weighted by Gasteiger charge is 2.38. The number of para-hydroxylation sites is 2. The van der Waals surface area contributed by atoms with Crippen LogP contribution in [0.4, 0.5) is 11.6 Å². The van der Waals surface area contributed by atoms with Crippen molar-refractivity contribution in [2.75, 3.05) is 11.1 Å². The third kappa shape index (κ3) is 2.29. The van der Waals surface area contributed by atoms with E-state index in [1.165, 1.54) is 5.56 Å². The van der Waals surface area contributed by atoms with Gasteiger partial charge in [0.05, 0.1) is 11.0 Å². The van der Waals surface area contributed by atoms with Crippen molar-refractivity contribution in [3.63, 3.8) is 0 Å². The highest BCUT2D eigenvalue weighted by molar-refractivity contribution is 5.79. The summed E-state index contributed by atoms with van der Waals surface area (Å²) in [4.78, 5) is 8.99. The summed E-state index contributed by atoms with van der Waals surface area (Å²) in [6.45, 7) is 0. The molecule has 1 fully saturated rings. The van der Waals surface area contributed by atoms with Gasteiger partial charge < -0.3 is 11.1 Å². The van der Waals surface area contributed by atoms with E-state index in [0.717, 1.165) is 17.5 Å². The Labute approximate surface area is 123 Å². The lowest BCUT2D eigenvalue weighted by Crippen LogP contribution is -2.09. The molecule has 0 bridgehead atoms. The molecule has 0 spiro atoms. The number of nitrogen functional groups attached to an aromatic ring is 1. The Bertz CT molecular complexity index is 785. The van der Waals surface area contributed by atoms with Gasteiger partial charge in [-0.3, -0.25) is 0 Å². The fourth-order valence-electron chi connectivity index (χ4n) is 2.72. The maximum atomic E-state index is 6.01. The Hall–Kier alpha value is -2.62. The van der Waals surface area contributed by atoms with E-state index in [1.807, 2.05) is 30.3 Å². The van der Waals surface area contributed by atoms with Gasteiger partial charge in [-0.15, -0.1) is 0 Å². The number of rotatable bonds is 3. The second-order valence-electron chi connectivity index (χ2n) is 5.45. The zero-order chi connectivity index (χ0) is 14.2. The van der Waals surface area contributed by atoms with Gasteiger partial charge in [0.2, 0.25) is 0 Å². The van der Waals surface area contributed by atoms with Crippen molar-refractivity contribution in [1.82, 2.24) is 9.97 Å². The van der Waals surface area contributed by atoms with Crippen molar-refractivity contribution in [3.8, 4) is 0 Å². The van der Waals surface area contributed by atoms with E-state index < -0.39 is 0 Å². The predicted octanol–water partition coefficient (Wildman–Crippen LogP) is 3.18. The second-order valence-corrected chi connectivity index (χ2v) is 5.45. The van der Waals surface area contributed by atoms with Crippen LogP contribution in [0.15, 0.2) is 54.6 Å².